The fourth-order valence-electron chi connectivity index (χ4n) is 2.79. The molecule has 0 heterocycles. The number of primary amides is 1. The number of carbonyl (C=O) groups excluding carboxylic acids is 1. The number of aryl methyl sites for hydroxylation is 1. The molecule has 0 saturated heterocycles. The Bertz CT molecular complexity index is 455. The molecule has 1 aromatic rings. The highest BCUT2D eigenvalue weighted by Gasteiger charge is 2.24. The predicted octanol–water partition coefficient (Wildman–Crippen LogP) is 3.10. The molecule has 3 nitrogen and oxygen atoms in total. The Hall–Kier alpha value is -1.06. The van der Waals surface area contributed by atoms with E-state index in [1.807, 2.05) is 25.1 Å². The largest absolute Gasteiger partial charge is 0.368 e. The maximum Gasteiger partial charge on any atom is 0.239 e. The molecule has 1 aromatic carbocycles. The van der Waals surface area contributed by atoms with E-state index in [1.165, 1.54) is 19.3 Å². The van der Waals surface area contributed by atoms with Crippen LogP contribution in [0.4, 0.5) is 0 Å². The van der Waals surface area contributed by atoms with E-state index in [9.17, 15) is 4.79 Å². The quantitative estimate of drug-likeness (QED) is 0.890. The molecule has 1 aliphatic carbocycles. The average Bonchev–Trinajstić information content (AvgIpc) is 2.38. The standard InChI is InChI=1S/C15H21ClN2O/c1-10-9-11(16)7-8-13(10)14(15(17)19)18-12-5-3-2-4-6-12/h7-9,12,14,18H,2-6H2,1H3,(H2,17,19). The number of nitrogens with one attached hydrogen (secondary N) is 1. The molecular formula is C15H21ClN2O. The minimum absolute atomic E-state index is 0.323. The van der Waals surface area contributed by atoms with Crippen molar-refractivity contribution in [3.05, 3.63) is 34.3 Å². The van der Waals surface area contributed by atoms with Gasteiger partial charge in [-0.1, -0.05) is 36.9 Å². The van der Waals surface area contributed by atoms with E-state index in [-0.39, 0.29) is 5.91 Å². The van der Waals surface area contributed by atoms with E-state index in [2.05, 4.69) is 5.32 Å². The summed E-state index contributed by atoms with van der Waals surface area (Å²) >= 11 is 5.96. The number of nitrogens with two attached hydrogens (primary N) is 1. The number of halogens is 1. The molecule has 0 radical (unpaired) electrons. The summed E-state index contributed by atoms with van der Waals surface area (Å²) in [5, 5.41) is 4.10. The van der Waals surface area contributed by atoms with Gasteiger partial charge in [0.25, 0.3) is 0 Å². The highest BCUT2D eigenvalue weighted by atomic mass is 35.5. The normalized spacial score (nSPS) is 18.2. The highest BCUT2D eigenvalue weighted by molar-refractivity contribution is 6.30. The Labute approximate surface area is 119 Å². The molecule has 1 aliphatic rings. The van der Waals surface area contributed by atoms with Gasteiger partial charge in [-0.2, -0.15) is 0 Å². The molecule has 0 bridgehead atoms. The Morgan fingerprint density at radius 2 is 2.05 bits per heavy atom. The first-order valence-electron chi connectivity index (χ1n) is 6.89. The van der Waals surface area contributed by atoms with Gasteiger partial charge in [-0.3, -0.25) is 10.1 Å². The zero-order valence-corrected chi connectivity index (χ0v) is 12.0. The summed E-state index contributed by atoms with van der Waals surface area (Å²) in [7, 11) is 0. The van der Waals surface area contributed by atoms with Gasteiger partial charge in [-0.15, -0.1) is 0 Å². The molecule has 4 heteroatoms. The second-order valence-corrected chi connectivity index (χ2v) is 5.77. The van der Waals surface area contributed by atoms with Crippen molar-refractivity contribution in [2.75, 3.05) is 0 Å². The zero-order chi connectivity index (χ0) is 13.8. The summed E-state index contributed by atoms with van der Waals surface area (Å²) in [5.74, 6) is -0.323. The van der Waals surface area contributed by atoms with Gasteiger partial charge in [0.2, 0.25) is 5.91 Å². The maximum absolute atomic E-state index is 11.7. The number of hydrogen-bond donors (Lipinski definition) is 2. The molecule has 1 amide bonds. The molecule has 3 N–H and O–H groups in total. The Morgan fingerprint density at radius 1 is 1.37 bits per heavy atom. The molecule has 0 aromatic heterocycles. The molecule has 1 fully saturated rings. The first-order valence-corrected chi connectivity index (χ1v) is 7.27. The average molecular weight is 281 g/mol. The molecular weight excluding hydrogens is 260 g/mol. The van der Waals surface area contributed by atoms with Crippen molar-refractivity contribution in [1.29, 1.82) is 0 Å². The van der Waals surface area contributed by atoms with E-state index in [1.54, 1.807) is 0 Å². The van der Waals surface area contributed by atoms with Crippen molar-refractivity contribution in [2.45, 2.75) is 51.1 Å². The molecule has 19 heavy (non-hydrogen) atoms. The van der Waals surface area contributed by atoms with Crippen molar-refractivity contribution in [1.82, 2.24) is 5.32 Å². The molecule has 0 spiro atoms. The third kappa shape index (κ3) is 3.71. The number of rotatable bonds is 4. The minimum atomic E-state index is -0.416. The van der Waals surface area contributed by atoms with Crippen molar-refractivity contribution >= 4 is 17.5 Å². The van der Waals surface area contributed by atoms with Gasteiger partial charge >= 0.3 is 0 Å². The predicted molar refractivity (Wildman–Crippen MR) is 78.1 cm³/mol. The van der Waals surface area contributed by atoms with Crippen molar-refractivity contribution < 1.29 is 4.79 Å². The van der Waals surface area contributed by atoms with Crippen LogP contribution in [0.15, 0.2) is 18.2 Å². The molecule has 1 unspecified atom stereocenters. The van der Waals surface area contributed by atoms with Gasteiger partial charge in [0, 0.05) is 11.1 Å². The van der Waals surface area contributed by atoms with Crippen LogP contribution in [0.2, 0.25) is 5.02 Å². The van der Waals surface area contributed by atoms with E-state index < -0.39 is 6.04 Å². The Morgan fingerprint density at radius 3 is 2.63 bits per heavy atom. The number of benzene rings is 1. The van der Waals surface area contributed by atoms with Crippen LogP contribution in [0.3, 0.4) is 0 Å². The summed E-state index contributed by atoms with van der Waals surface area (Å²) in [5.41, 5.74) is 7.49. The lowest BCUT2D eigenvalue weighted by atomic mass is 9.93. The second-order valence-electron chi connectivity index (χ2n) is 5.34. The number of amides is 1. The third-order valence-electron chi connectivity index (χ3n) is 3.83. The van der Waals surface area contributed by atoms with Crippen LogP contribution in [-0.4, -0.2) is 11.9 Å². The van der Waals surface area contributed by atoms with E-state index in [4.69, 9.17) is 17.3 Å². The molecule has 0 aliphatic heterocycles. The fraction of sp³-hybridized carbons (Fsp3) is 0.533. The second kappa shape index (κ2) is 6.40. The van der Waals surface area contributed by atoms with Gasteiger partial charge < -0.3 is 5.73 Å². The summed E-state index contributed by atoms with van der Waals surface area (Å²) in [6.45, 7) is 1.96. The van der Waals surface area contributed by atoms with E-state index in [0.29, 0.717) is 11.1 Å². The molecule has 104 valence electrons. The van der Waals surface area contributed by atoms with Crippen molar-refractivity contribution in [3.63, 3.8) is 0 Å². The van der Waals surface area contributed by atoms with Gasteiger partial charge in [-0.25, -0.2) is 0 Å². The van der Waals surface area contributed by atoms with Crippen LogP contribution in [0.25, 0.3) is 0 Å². The van der Waals surface area contributed by atoms with Gasteiger partial charge in [-0.05, 0) is 43.0 Å². The van der Waals surface area contributed by atoms with Gasteiger partial charge in [0.15, 0.2) is 0 Å². The minimum Gasteiger partial charge on any atom is -0.368 e. The summed E-state index contributed by atoms with van der Waals surface area (Å²) < 4.78 is 0. The fourth-order valence-corrected chi connectivity index (χ4v) is 3.02. The van der Waals surface area contributed by atoms with Crippen LogP contribution in [0, 0.1) is 6.92 Å². The first-order chi connectivity index (χ1) is 9.08. The molecule has 1 saturated carbocycles. The highest BCUT2D eigenvalue weighted by Crippen LogP contribution is 2.25. The lowest BCUT2D eigenvalue weighted by molar-refractivity contribution is -0.120. The van der Waals surface area contributed by atoms with E-state index >= 15 is 0 Å². The Balaban J connectivity index is 2.17. The first kappa shape index (κ1) is 14.4. The van der Waals surface area contributed by atoms with Crippen LogP contribution in [0.5, 0.6) is 0 Å². The lowest BCUT2D eigenvalue weighted by Gasteiger charge is -2.28. The molecule has 2 rings (SSSR count). The SMILES string of the molecule is Cc1cc(Cl)ccc1C(NC1CCCCC1)C(N)=O. The van der Waals surface area contributed by atoms with E-state index in [0.717, 1.165) is 24.0 Å². The third-order valence-corrected chi connectivity index (χ3v) is 4.07. The van der Waals surface area contributed by atoms with Crippen LogP contribution in [-0.2, 0) is 4.79 Å². The zero-order valence-electron chi connectivity index (χ0n) is 11.3. The number of hydrogen-bond acceptors (Lipinski definition) is 2. The monoisotopic (exact) mass is 280 g/mol. The topological polar surface area (TPSA) is 55.1 Å². The number of carbonyl (C=O) groups is 1. The smallest absolute Gasteiger partial charge is 0.239 e. The molecule has 1 atom stereocenters. The Kier molecular flexibility index (Phi) is 4.83. The maximum atomic E-state index is 11.7. The summed E-state index contributed by atoms with van der Waals surface area (Å²) in [6, 6.07) is 5.54. The van der Waals surface area contributed by atoms with Crippen LogP contribution < -0.4 is 11.1 Å². The van der Waals surface area contributed by atoms with Crippen LogP contribution >= 0.6 is 11.6 Å². The summed E-state index contributed by atoms with van der Waals surface area (Å²) in [4.78, 5) is 11.7. The van der Waals surface area contributed by atoms with Crippen molar-refractivity contribution in [2.24, 2.45) is 5.73 Å². The van der Waals surface area contributed by atoms with Crippen molar-refractivity contribution in [3.8, 4) is 0 Å². The lowest BCUT2D eigenvalue weighted by Crippen LogP contribution is -2.41. The summed E-state index contributed by atoms with van der Waals surface area (Å²) in [6.07, 6.45) is 5.98. The van der Waals surface area contributed by atoms with Gasteiger partial charge in [0.05, 0.1) is 0 Å². The van der Waals surface area contributed by atoms with Crippen LogP contribution in [0.1, 0.15) is 49.3 Å². The van der Waals surface area contributed by atoms with Gasteiger partial charge in [0.1, 0.15) is 6.04 Å².